The van der Waals surface area contributed by atoms with Crippen molar-refractivity contribution in [1.29, 1.82) is 0 Å². The van der Waals surface area contributed by atoms with E-state index in [0.29, 0.717) is 0 Å². The fraction of sp³-hybridized carbons (Fsp3) is 0.333. The van der Waals surface area contributed by atoms with Crippen molar-refractivity contribution in [2.45, 2.75) is 0 Å². The third-order valence-corrected chi connectivity index (χ3v) is 0.881. The van der Waals surface area contributed by atoms with Crippen LogP contribution in [0.3, 0.4) is 0 Å². The fourth-order valence-electron chi connectivity index (χ4n) is 0.356. The van der Waals surface area contributed by atoms with Gasteiger partial charge >= 0.3 is 0 Å². The molecule has 0 aromatic rings. The molecule has 0 saturated heterocycles. The molecule has 0 rings (SSSR count). The number of hydrazone groups is 2. The van der Waals surface area contributed by atoms with Gasteiger partial charge in [0.2, 0.25) is 0 Å². The minimum atomic E-state index is -0.658. The number of hydrogen-bond acceptors (Lipinski definition) is 6. The monoisotopic (exact) mass is 202 g/mol. The summed E-state index contributed by atoms with van der Waals surface area (Å²) in [6.45, 7) is -1.31. The molecule has 0 atom stereocenters. The van der Waals surface area contributed by atoms with Crippen molar-refractivity contribution in [2.75, 3.05) is 13.2 Å². The average Bonchev–Trinajstić information content (AvgIpc) is 2.22. The lowest BCUT2D eigenvalue weighted by atomic mass is 10.7. The molecular formula is C6H10N4O4. The number of aliphatic hydroxyl groups excluding tert-OH is 2. The number of amides is 2. The Morgan fingerprint density at radius 2 is 1.36 bits per heavy atom. The van der Waals surface area contributed by atoms with E-state index >= 15 is 0 Å². The number of carbonyl (C=O) groups excluding carboxylic acids is 2. The minimum absolute atomic E-state index is 0.657. The zero-order chi connectivity index (χ0) is 10.8. The third kappa shape index (κ3) is 6.88. The summed E-state index contributed by atoms with van der Waals surface area (Å²) >= 11 is 0. The van der Waals surface area contributed by atoms with E-state index < -0.39 is 25.0 Å². The smallest absolute Gasteiger partial charge is 0.265 e. The van der Waals surface area contributed by atoms with Crippen LogP contribution in [0.5, 0.6) is 0 Å². The summed E-state index contributed by atoms with van der Waals surface area (Å²) in [7, 11) is 0. The number of nitrogens with zero attached hydrogens (tertiary/aromatic N) is 2. The van der Waals surface area contributed by atoms with Gasteiger partial charge in [0.15, 0.2) is 0 Å². The lowest BCUT2D eigenvalue weighted by Crippen LogP contribution is -2.22. The highest BCUT2D eigenvalue weighted by Crippen LogP contribution is 1.63. The Balaban J connectivity index is 3.60. The normalized spacial score (nSPS) is 10.7. The number of hydrogen-bond donors (Lipinski definition) is 4. The first-order chi connectivity index (χ1) is 6.70. The molecule has 0 aromatic carbocycles. The number of aliphatic hydroxyl groups is 2. The quantitative estimate of drug-likeness (QED) is 0.283. The third-order valence-electron chi connectivity index (χ3n) is 0.881. The van der Waals surface area contributed by atoms with Crippen molar-refractivity contribution in [2.24, 2.45) is 10.2 Å². The summed E-state index contributed by atoms with van der Waals surface area (Å²) in [6, 6.07) is 0. The topological polar surface area (TPSA) is 123 Å². The zero-order valence-electron chi connectivity index (χ0n) is 7.17. The maximum atomic E-state index is 10.4. The van der Waals surface area contributed by atoms with Gasteiger partial charge in [-0.05, 0) is 0 Å². The van der Waals surface area contributed by atoms with Crippen molar-refractivity contribution >= 4 is 24.2 Å². The SMILES string of the molecule is O=C(CO)N/N=C/C=N/NC(=O)CO. The summed E-state index contributed by atoms with van der Waals surface area (Å²) in [5, 5.41) is 23.1. The van der Waals surface area contributed by atoms with E-state index in [1.165, 1.54) is 0 Å². The van der Waals surface area contributed by atoms with Crippen LogP contribution in [-0.4, -0.2) is 47.7 Å². The zero-order valence-corrected chi connectivity index (χ0v) is 7.17. The van der Waals surface area contributed by atoms with Crippen molar-refractivity contribution < 1.29 is 19.8 Å². The molecule has 4 N–H and O–H groups in total. The van der Waals surface area contributed by atoms with Crippen LogP contribution in [0, 0.1) is 0 Å². The van der Waals surface area contributed by atoms with Crippen LogP contribution in [0.1, 0.15) is 0 Å². The van der Waals surface area contributed by atoms with Crippen LogP contribution in [0.25, 0.3) is 0 Å². The van der Waals surface area contributed by atoms with E-state index in [1.807, 2.05) is 10.9 Å². The van der Waals surface area contributed by atoms with E-state index in [2.05, 4.69) is 10.2 Å². The lowest BCUT2D eigenvalue weighted by molar-refractivity contribution is -0.124. The van der Waals surface area contributed by atoms with Gasteiger partial charge in [0, 0.05) is 0 Å². The number of carbonyl (C=O) groups is 2. The molecular weight excluding hydrogens is 192 g/mol. The molecule has 0 spiro atoms. The molecule has 0 aliphatic carbocycles. The molecule has 14 heavy (non-hydrogen) atoms. The standard InChI is InChI=1S/C6H10N4O4/c11-3-5(13)9-7-1-2-8-10-6(14)4-12/h1-2,11-12H,3-4H2,(H,9,13)(H,10,14)/b7-1+,8-2+. The van der Waals surface area contributed by atoms with Crippen molar-refractivity contribution in [3.63, 3.8) is 0 Å². The van der Waals surface area contributed by atoms with E-state index in [9.17, 15) is 9.59 Å². The fourth-order valence-corrected chi connectivity index (χ4v) is 0.356. The van der Waals surface area contributed by atoms with Gasteiger partial charge < -0.3 is 10.2 Å². The molecule has 8 nitrogen and oxygen atoms in total. The van der Waals surface area contributed by atoms with Gasteiger partial charge in [-0.3, -0.25) is 9.59 Å². The Morgan fingerprint density at radius 1 is 1.00 bits per heavy atom. The highest BCUT2D eigenvalue weighted by atomic mass is 16.3. The maximum absolute atomic E-state index is 10.4. The van der Waals surface area contributed by atoms with Gasteiger partial charge in [-0.15, -0.1) is 0 Å². The van der Waals surface area contributed by atoms with Crippen LogP contribution in [-0.2, 0) is 9.59 Å². The molecule has 0 fully saturated rings. The molecule has 0 aliphatic heterocycles. The molecule has 2 amide bonds. The Labute approximate surface area is 79.3 Å². The van der Waals surface area contributed by atoms with Crippen LogP contribution in [0.2, 0.25) is 0 Å². The van der Waals surface area contributed by atoms with Gasteiger partial charge in [-0.1, -0.05) is 0 Å². The summed E-state index contributed by atoms with van der Waals surface area (Å²) in [5.41, 5.74) is 3.92. The Bertz CT molecular complexity index is 224. The van der Waals surface area contributed by atoms with E-state index in [4.69, 9.17) is 10.2 Å². The second-order valence-corrected chi connectivity index (χ2v) is 1.94. The van der Waals surface area contributed by atoms with Crippen LogP contribution in [0.15, 0.2) is 10.2 Å². The minimum Gasteiger partial charge on any atom is -0.386 e. The first-order valence-electron chi connectivity index (χ1n) is 3.54. The molecule has 0 unspecified atom stereocenters. The maximum Gasteiger partial charge on any atom is 0.265 e. The second kappa shape index (κ2) is 7.83. The van der Waals surface area contributed by atoms with Gasteiger partial charge in [-0.2, -0.15) is 10.2 Å². The average molecular weight is 202 g/mol. The number of nitrogens with one attached hydrogen (secondary N) is 2. The first kappa shape index (κ1) is 12.2. The van der Waals surface area contributed by atoms with E-state index in [1.54, 1.807) is 0 Å². The lowest BCUT2D eigenvalue weighted by Gasteiger charge is -1.92. The van der Waals surface area contributed by atoms with E-state index in [0.717, 1.165) is 12.4 Å². The highest BCUT2D eigenvalue weighted by Gasteiger charge is 1.92. The van der Waals surface area contributed by atoms with Gasteiger partial charge in [0.1, 0.15) is 13.2 Å². The largest absolute Gasteiger partial charge is 0.386 e. The Morgan fingerprint density at radius 3 is 1.64 bits per heavy atom. The predicted octanol–water partition coefficient (Wildman–Crippen LogP) is -2.82. The van der Waals surface area contributed by atoms with Crippen molar-refractivity contribution in [3.05, 3.63) is 0 Å². The van der Waals surface area contributed by atoms with Crippen molar-refractivity contribution in [3.8, 4) is 0 Å². The molecule has 0 saturated carbocycles. The summed E-state index contributed by atoms with van der Waals surface area (Å²) in [6.07, 6.45) is 2.18. The van der Waals surface area contributed by atoms with Gasteiger partial charge in [0.25, 0.3) is 11.8 Å². The predicted molar refractivity (Wildman–Crippen MR) is 47.4 cm³/mol. The molecule has 0 heterocycles. The van der Waals surface area contributed by atoms with Crippen LogP contribution < -0.4 is 10.9 Å². The Hall–Kier alpha value is -1.80. The second-order valence-electron chi connectivity index (χ2n) is 1.94. The number of rotatable bonds is 5. The molecule has 78 valence electrons. The molecule has 0 aromatic heterocycles. The summed E-state index contributed by atoms with van der Waals surface area (Å²) in [5.74, 6) is -1.32. The molecule has 0 bridgehead atoms. The van der Waals surface area contributed by atoms with E-state index in [-0.39, 0.29) is 0 Å². The molecule has 0 radical (unpaired) electrons. The Kier molecular flexibility index (Phi) is 6.82. The van der Waals surface area contributed by atoms with Crippen LogP contribution >= 0.6 is 0 Å². The molecule has 8 heteroatoms. The molecule has 0 aliphatic rings. The van der Waals surface area contributed by atoms with Gasteiger partial charge in [0.05, 0.1) is 12.4 Å². The summed E-state index contributed by atoms with van der Waals surface area (Å²) in [4.78, 5) is 20.8. The first-order valence-corrected chi connectivity index (χ1v) is 3.54. The van der Waals surface area contributed by atoms with Crippen molar-refractivity contribution in [1.82, 2.24) is 10.9 Å². The van der Waals surface area contributed by atoms with Crippen LogP contribution in [0.4, 0.5) is 0 Å². The summed E-state index contributed by atoms with van der Waals surface area (Å²) < 4.78 is 0. The highest BCUT2D eigenvalue weighted by molar-refractivity contribution is 6.16. The van der Waals surface area contributed by atoms with Gasteiger partial charge in [-0.25, -0.2) is 10.9 Å².